The molecule has 0 unspecified atom stereocenters. The Morgan fingerprint density at radius 3 is 1.40 bits per heavy atom. The number of rotatable bonds is 4. The van der Waals surface area contributed by atoms with Crippen molar-refractivity contribution in [1.29, 1.82) is 0 Å². The van der Waals surface area contributed by atoms with E-state index in [1.807, 2.05) is 0 Å². The first-order chi connectivity index (χ1) is 6.95. The molecule has 0 amide bonds. The average Bonchev–Trinajstić information content (AvgIpc) is 2.20. The first kappa shape index (κ1) is 19.0. The third-order valence-electron chi connectivity index (χ3n) is 0.861. The lowest BCUT2D eigenvalue weighted by Gasteiger charge is -1.79. The van der Waals surface area contributed by atoms with Crippen LogP contribution in [0.5, 0.6) is 0 Å². The van der Waals surface area contributed by atoms with Crippen LogP contribution in [0, 0.1) is 0 Å². The van der Waals surface area contributed by atoms with E-state index in [0.29, 0.717) is 6.61 Å². The highest BCUT2D eigenvalue weighted by atomic mass is 16.4. The van der Waals surface area contributed by atoms with Gasteiger partial charge in [-0.2, -0.15) is 0 Å². The van der Waals surface area contributed by atoms with Crippen LogP contribution >= 0.6 is 0 Å². The van der Waals surface area contributed by atoms with Crippen LogP contribution in [0.15, 0.2) is 25.3 Å². The lowest BCUT2D eigenvalue weighted by atomic mass is 10.4. The predicted octanol–water partition coefficient (Wildman–Crippen LogP) is 1.29. The van der Waals surface area contributed by atoms with Gasteiger partial charge in [0.2, 0.25) is 0 Å². The van der Waals surface area contributed by atoms with E-state index in [2.05, 4.69) is 20.1 Å². The summed E-state index contributed by atoms with van der Waals surface area (Å²) in [7, 11) is 0. The van der Waals surface area contributed by atoms with Gasteiger partial charge in [-0.1, -0.05) is 26.5 Å². The van der Waals surface area contributed by atoms with Gasteiger partial charge in [0.05, 0.1) is 0 Å². The molecule has 0 aromatic carbocycles. The molecule has 0 rings (SSSR count). The fourth-order valence-corrected chi connectivity index (χ4v) is 0.158. The molecule has 5 nitrogen and oxygen atoms in total. The largest absolute Gasteiger partial charge is 0.478 e. The molecule has 0 aromatic heterocycles. The molecular formula is C10H18O5. The van der Waals surface area contributed by atoms with Gasteiger partial charge in [0, 0.05) is 18.8 Å². The number of unbranched alkanes of at least 4 members (excludes halogenated alkanes) is 1. The quantitative estimate of drug-likeness (QED) is 0.618. The minimum Gasteiger partial charge on any atom is -0.478 e. The van der Waals surface area contributed by atoms with Crippen LogP contribution in [0.2, 0.25) is 0 Å². The summed E-state index contributed by atoms with van der Waals surface area (Å²) in [5.41, 5.74) is 0. The van der Waals surface area contributed by atoms with Crippen LogP contribution in [0.25, 0.3) is 0 Å². The summed E-state index contributed by atoms with van der Waals surface area (Å²) < 4.78 is 0. The van der Waals surface area contributed by atoms with Crippen molar-refractivity contribution >= 4 is 11.9 Å². The monoisotopic (exact) mass is 218 g/mol. The molecular weight excluding hydrogens is 200 g/mol. The van der Waals surface area contributed by atoms with Gasteiger partial charge in [-0.3, -0.25) is 0 Å². The van der Waals surface area contributed by atoms with Gasteiger partial charge in [0.25, 0.3) is 0 Å². The van der Waals surface area contributed by atoms with Crippen molar-refractivity contribution in [3.63, 3.8) is 0 Å². The number of aliphatic hydroxyl groups is 1. The molecule has 0 aliphatic heterocycles. The van der Waals surface area contributed by atoms with Crippen molar-refractivity contribution in [1.82, 2.24) is 0 Å². The second-order valence-corrected chi connectivity index (χ2v) is 2.16. The Bertz CT molecular complexity index is 166. The minimum atomic E-state index is -0.981. The Morgan fingerprint density at radius 1 is 1.13 bits per heavy atom. The summed E-state index contributed by atoms with van der Waals surface area (Å²) in [6.07, 6.45) is 3.70. The lowest BCUT2D eigenvalue weighted by molar-refractivity contribution is -0.132. The summed E-state index contributed by atoms with van der Waals surface area (Å²) in [5, 5.41) is 23.3. The summed E-state index contributed by atoms with van der Waals surface area (Å²) in [5.74, 6) is -1.96. The standard InChI is InChI=1S/C4H10O.2C3H4O2/c1-2-3-4-5;2*1-2-3(4)5/h5H,2-4H2,1H3;2*2H,1H2,(H,4,5). The molecule has 5 heteroatoms. The first-order valence-corrected chi connectivity index (χ1v) is 4.27. The van der Waals surface area contributed by atoms with Crippen LogP contribution in [-0.4, -0.2) is 33.9 Å². The van der Waals surface area contributed by atoms with Crippen molar-refractivity contribution in [3.05, 3.63) is 25.3 Å². The molecule has 0 bridgehead atoms. The fraction of sp³-hybridized carbons (Fsp3) is 0.400. The van der Waals surface area contributed by atoms with E-state index in [9.17, 15) is 9.59 Å². The second-order valence-electron chi connectivity index (χ2n) is 2.16. The maximum Gasteiger partial charge on any atom is 0.327 e. The highest BCUT2D eigenvalue weighted by molar-refractivity contribution is 5.79. The zero-order chi connectivity index (χ0) is 12.7. The molecule has 0 saturated heterocycles. The SMILES string of the molecule is C=CC(=O)O.C=CC(=O)O.CCCCO. The third kappa shape index (κ3) is 69.5. The number of hydrogen-bond donors (Lipinski definition) is 3. The van der Waals surface area contributed by atoms with Crippen LogP contribution in [-0.2, 0) is 9.59 Å². The lowest BCUT2D eigenvalue weighted by Crippen LogP contribution is -1.82. The maximum absolute atomic E-state index is 9.25. The smallest absolute Gasteiger partial charge is 0.327 e. The molecule has 0 spiro atoms. The number of aliphatic hydroxyl groups excluding tert-OH is 1. The molecule has 0 saturated carbocycles. The number of carboxylic acids is 2. The first-order valence-electron chi connectivity index (χ1n) is 4.27. The summed E-state index contributed by atoms with van der Waals surface area (Å²) in [4.78, 5) is 18.5. The zero-order valence-corrected chi connectivity index (χ0v) is 8.85. The molecule has 0 aliphatic rings. The van der Waals surface area contributed by atoms with Crippen molar-refractivity contribution in [3.8, 4) is 0 Å². The minimum absolute atomic E-state index is 0.344. The Kier molecular flexibility index (Phi) is 23.1. The van der Waals surface area contributed by atoms with Gasteiger partial charge < -0.3 is 15.3 Å². The van der Waals surface area contributed by atoms with Gasteiger partial charge in [-0.25, -0.2) is 9.59 Å². The number of carbonyl (C=O) groups is 2. The van der Waals surface area contributed by atoms with E-state index in [4.69, 9.17) is 15.3 Å². The Morgan fingerprint density at radius 2 is 1.40 bits per heavy atom. The summed E-state index contributed by atoms with van der Waals surface area (Å²) in [6.45, 7) is 8.32. The van der Waals surface area contributed by atoms with E-state index >= 15 is 0 Å². The van der Waals surface area contributed by atoms with Crippen LogP contribution in [0.3, 0.4) is 0 Å². The molecule has 88 valence electrons. The van der Waals surface area contributed by atoms with Crippen molar-refractivity contribution < 1.29 is 24.9 Å². The Hall–Kier alpha value is -1.62. The number of aliphatic carboxylic acids is 2. The molecule has 0 radical (unpaired) electrons. The van der Waals surface area contributed by atoms with E-state index in [-0.39, 0.29) is 0 Å². The Labute approximate surface area is 89.4 Å². The maximum atomic E-state index is 9.25. The van der Waals surface area contributed by atoms with Crippen molar-refractivity contribution in [2.24, 2.45) is 0 Å². The predicted molar refractivity (Wildman–Crippen MR) is 57.7 cm³/mol. The van der Waals surface area contributed by atoms with Crippen molar-refractivity contribution in [2.75, 3.05) is 6.61 Å². The number of hydrogen-bond acceptors (Lipinski definition) is 3. The van der Waals surface area contributed by atoms with E-state index < -0.39 is 11.9 Å². The van der Waals surface area contributed by atoms with Crippen LogP contribution in [0.1, 0.15) is 19.8 Å². The van der Waals surface area contributed by atoms with Crippen LogP contribution < -0.4 is 0 Å². The second kappa shape index (κ2) is 18.2. The molecule has 0 atom stereocenters. The van der Waals surface area contributed by atoms with Gasteiger partial charge in [-0.15, -0.1) is 0 Å². The summed E-state index contributed by atoms with van der Waals surface area (Å²) >= 11 is 0. The molecule has 15 heavy (non-hydrogen) atoms. The normalized spacial score (nSPS) is 7.07. The molecule has 3 N–H and O–H groups in total. The highest BCUT2D eigenvalue weighted by Gasteiger charge is 1.73. The van der Waals surface area contributed by atoms with Gasteiger partial charge in [0.1, 0.15) is 0 Å². The van der Waals surface area contributed by atoms with E-state index in [1.54, 1.807) is 0 Å². The van der Waals surface area contributed by atoms with Crippen LogP contribution in [0.4, 0.5) is 0 Å². The van der Waals surface area contributed by atoms with E-state index in [0.717, 1.165) is 25.0 Å². The highest BCUT2D eigenvalue weighted by Crippen LogP contribution is 1.78. The van der Waals surface area contributed by atoms with E-state index in [1.165, 1.54) is 0 Å². The third-order valence-corrected chi connectivity index (χ3v) is 0.861. The van der Waals surface area contributed by atoms with Gasteiger partial charge in [-0.05, 0) is 6.42 Å². The van der Waals surface area contributed by atoms with Gasteiger partial charge in [0.15, 0.2) is 0 Å². The Balaban J connectivity index is -0.000000144. The zero-order valence-electron chi connectivity index (χ0n) is 8.85. The molecule has 0 fully saturated rings. The van der Waals surface area contributed by atoms with Gasteiger partial charge >= 0.3 is 11.9 Å². The summed E-state index contributed by atoms with van der Waals surface area (Å²) in [6, 6.07) is 0. The van der Waals surface area contributed by atoms with Crippen molar-refractivity contribution in [2.45, 2.75) is 19.8 Å². The topological polar surface area (TPSA) is 94.8 Å². The molecule has 0 aliphatic carbocycles. The molecule has 0 heterocycles. The number of carboxylic acid groups (broad SMARTS) is 2. The average molecular weight is 218 g/mol. The molecule has 0 aromatic rings. The fourth-order valence-electron chi connectivity index (χ4n) is 0.158.